The van der Waals surface area contributed by atoms with Crippen molar-refractivity contribution in [1.82, 2.24) is 9.97 Å². The molecule has 134 valence electrons. The molecule has 1 saturated heterocycles. The van der Waals surface area contributed by atoms with Gasteiger partial charge in [-0.3, -0.25) is 0 Å². The Kier molecular flexibility index (Phi) is 5.49. The zero-order chi connectivity index (χ0) is 17.6. The Labute approximate surface area is 145 Å². The van der Waals surface area contributed by atoms with Gasteiger partial charge in [0.2, 0.25) is 5.95 Å². The Bertz CT molecular complexity index is 690. The smallest absolute Gasteiger partial charge is 0.223 e. The number of aliphatic hydroxyl groups is 1. The van der Waals surface area contributed by atoms with Gasteiger partial charge in [0.15, 0.2) is 0 Å². The van der Waals surface area contributed by atoms with Crippen LogP contribution in [0.15, 0.2) is 30.3 Å². The molecule has 0 amide bonds. The molecule has 0 radical (unpaired) electrons. The Morgan fingerprint density at radius 3 is 2.64 bits per heavy atom. The first-order valence-electron chi connectivity index (χ1n) is 8.30. The topological polar surface area (TPSA) is 96.5 Å². The van der Waals surface area contributed by atoms with Crippen LogP contribution in [0.5, 0.6) is 5.75 Å². The lowest BCUT2D eigenvalue weighted by atomic mass is 10.1. The van der Waals surface area contributed by atoms with Crippen molar-refractivity contribution in [2.75, 3.05) is 42.2 Å². The number of hydrogen-bond acceptors (Lipinski definition) is 7. The summed E-state index contributed by atoms with van der Waals surface area (Å²) in [6.07, 6.45) is 1.76. The number of piperidine rings is 1. The number of nitrogen functional groups attached to an aromatic ring is 1. The molecule has 0 spiro atoms. The van der Waals surface area contributed by atoms with Gasteiger partial charge in [0.1, 0.15) is 29.3 Å². The van der Waals surface area contributed by atoms with Gasteiger partial charge in [0.05, 0.1) is 6.61 Å². The average Bonchev–Trinajstić information content (AvgIpc) is 2.62. The maximum atomic E-state index is 12.9. The molecular formula is C17H22FN5O2. The molecule has 0 bridgehead atoms. The highest BCUT2D eigenvalue weighted by Gasteiger charge is 2.22. The number of hydrogen-bond donors (Lipinski definition) is 3. The second-order valence-electron chi connectivity index (χ2n) is 5.88. The Morgan fingerprint density at radius 2 is 1.96 bits per heavy atom. The summed E-state index contributed by atoms with van der Waals surface area (Å²) in [7, 11) is 0. The molecule has 1 fully saturated rings. The van der Waals surface area contributed by atoms with Crippen LogP contribution in [0.4, 0.5) is 22.0 Å². The summed E-state index contributed by atoms with van der Waals surface area (Å²) in [5.41, 5.74) is 5.77. The first-order chi connectivity index (χ1) is 12.1. The van der Waals surface area contributed by atoms with E-state index in [9.17, 15) is 4.39 Å². The van der Waals surface area contributed by atoms with Crippen LogP contribution in [0.2, 0.25) is 0 Å². The molecule has 7 nitrogen and oxygen atoms in total. The first-order valence-corrected chi connectivity index (χ1v) is 8.30. The second kappa shape index (κ2) is 7.98. The molecule has 25 heavy (non-hydrogen) atoms. The SMILES string of the molecule is Nc1nc(NCCO)cc(N2CCC(Oc3ccc(F)cc3)CC2)n1. The molecule has 0 unspecified atom stereocenters. The van der Waals surface area contributed by atoms with Crippen molar-refractivity contribution in [3.05, 3.63) is 36.1 Å². The van der Waals surface area contributed by atoms with Crippen molar-refractivity contribution in [3.63, 3.8) is 0 Å². The van der Waals surface area contributed by atoms with Gasteiger partial charge < -0.3 is 25.8 Å². The number of anilines is 3. The summed E-state index contributed by atoms with van der Waals surface area (Å²) in [5.74, 6) is 1.97. The predicted octanol–water partition coefficient (Wildman–Crippen LogP) is 1.65. The summed E-state index contributed by atoms with van der Waals surface area (Å²) in [6, 6.07) is 7.91. The van der Waals surface area contributed by atoms with Crippen LogP contribution in [0.1, 0.15) is 12.8 Å². The first kappa shape index (κ1) is 17.2. The van der Waals surface area contributed by atoms with E-state index < -0.39 is 0 Å². The number of rotatable bonds is 6. The van der Waals surface area contributed by atoms with Gasteiger partial charge >= 0.3 is 0 Å². The number of ether oxygens (including phenoxy) is 1. The van der Waals surface area contributed by atoms with E-state index in [1.165, 1.54) is 12.1 Å². The number of aromatic nitrogens is 2. The molecule has 3 rings (SSSR count). The molecule has 2 heterocycles. The second-order valence-corrected chi connectivity index (χ2v) is 5.88. The number of halogens is 1. The van der Waals surface area contributed by atoms with Crippen LogP contribution in [-0.4, -0.2) is 47.4 Å². The highest BCUT2D eigenvalue weighted by Crippen LogP contribution is 2.24. The minimum Gasteiger partial charge on any atom is -0.490 e. The number of nitrogens with zero attached hydrogens (tertiary/aromatic N) is 3. The van der Waals surface area contributed by atoms with Crippen LogP contribution in [0.3, 0.4) is 0 Å². The number of benzene rings is 1. The molecule has 1 aliphatic heterocycles. The van der Waals surface area contributed by atoms with Crippen molar-refractivity contribution < 1.29 is 14.2 Å². The average molecular weight is 347 g/mol. The third kappa shape index (κ3) is 4.69. The van der Waals surface area contributed by atoms with E-state index in [4.69, 9.17) is 15.6 Å². The minimum absolute atomic E-state index is 0.0192. The van der Waals surface area contributed by atoms with Crippen molar-refractivity contribution in [2.45, 2.75) is 18.9 Å². The summed E-state index contributed by atoms with van der Waals surface area (Å²) in [6.45, 7) is 1.98. The Hall–Kier alpha value is -2.61. The largest absolute Gasteiger partial charge is 0.490 e. The number of nitrogens with one attached hydrogen (secondary N) is 1. The quantitative estimate of drug-likeness (QED) is 0.731. The van der Waals surface area contributed by atoms with Gasteiger partial charge in [0, 0.05) is 38.5 Å². The zero-order valence-corrected chi connectivity index (χ0v) is 13.9. The Morgan fingerprint density at radius 1 is 1.24 bits per heavy atom. The minimum atomic E-state index is -0.269. The van der Waals surface area contributed by atoms with Gasteiger partial charge in [-0.05, 0) is 24.3 Å². The van der Waals surface area contributed by atoms with Crippen LogP contribution in [0.25, 0.3) is 0 Å². The molecule has 0 saturated carbocycles. The van der Waals surface area contributed by atoms with Crippen LogP contribution >= 0.6 is 0 Å². The maximum absolute atomic E-state index is 12.9. The monoisotopic (exact) mass is 347 g/mol. The van der Waals surface area contributed by atoms with Gasteiger partial charge in [-0.15, -0.1) is 0 Å². The fraction of sp³-hybridized carbons (Fsp3) is 0.412. The fourth-order valence-corrected chi connectivity index (χ4v) is 2.80. The van der Waals surface area contributed by atoms with E-state index in [2.05, 4.69) is 20.2 Å². The van der Waals surface area contributed by atoms with E-state index in [1.807, 2.05) is 6.07 Å². The van der Waals surface area contributed by atoms with Crippen molar-refractivity contribution in [3.8, 4) is 5.75 Å². The molecule has 0 atom stereocenters. The van der Waals surface area contributed by atoms with Crippen molar-refractivity contribution in [1.29, 1.82) is 0 Å². The maximum Gasteiger partial charge on any atom is 0.223 e. The molecular weight excluding hydrogens is 325 g/mol. The van der Waals surface area contributed by atoms with E-state index >= 15 is 0 Å². The van der Waals surface area contributed by atoms with Crippen LogP contribution in [0, 0.1) is 5.82 Å². The number of aliphatic hydroxyl groups excluding tert-OH is 1. The lowest BCUT2D eigenvalue weighted by molar-refractivity contribution is 0.170. The fourth-order valence-electron chi connectivity index (χ4n) is 2.80. The molecule has 4 N–H and O–H groups in total. The van der Waals surface area contributed by atoms with Crippen molar-refractivity contribution in [2.24, 2.45) is 0 Å². The standard InChI is InChI=1S/C17H22FN5O2/c18-12-1-3-13(4-2-12)25-14-5-8-23(9-6-14)16-11-15(20-7-10-24)21-17(19)22-16/h1-4,11,14,24H,5-10H2,(H3,19,20,21,22). The summed E-state index contributed by atoms with van der Waals surface area (Å²) in [4.78, 5) is 10.5. The third-order valence-corrected chi connectivity index (χ3v) is 4.03. The highest BCUT2D eigenvalue weighted by molar-refractivity contribution is 5.52. The molecule has 0 aliphatic carbocycles. The van der Waals surface area contributed by atoms with Gasteiger partial charge in [-0.1, -0.05) is 0 Å². The van der Waals surface area contributed by atoms with Gasteiger partial charge in [-0.25, -0.2) is 4.39 Å². The van der Waals surface area contributed by atoms with Crippen molar-refractivity contribution >= 4 is 17.6 Å². The molecule has 1 aromatic heterocycles. The molecule has 8 heteroatoms. The zero-order valence-electron chi connectivity index (χ0n) is 13.9. The lowest BCUT2D eigenvalue weighted by Crippen LogP contribution is -2.38. The van der Waals surface area contributed by atoms with Crippen LogP contribution < -0.4 is 20.7 Å². The summed E-state index contributed by atoms with van der Waals surface area (Å²) < 4.78 is 18.8. The molecule has 1 aliphatic rings. The summed E-state index contributed by atoms with van der Waals surface area (Å²) >= 11 is 0. The van der Waals surface area contributed by atoms with Crippen LogP contribution in [-0.2, 0) is 0 Å². The summed E-state index contributed by atoms with van der Waals surface area (Å²) in [5, 5.41) is 11.9. The number of nitrogens with two attached hydrogens (primary N) is 1. The van der Waals surface area contributed by atoms with E-state index in [1.54, 1.807) is 12.1 Å². The molecule has 2 aromatic rings. The van der Waals surface area contributed by atoms with Gasteiger partial charge in [-0.2, -0.15) is 9.97 Å². The lowest BCUT2D eigenvalue weighted by Gasteiger charge is -2.33. The third-order valence-electron chi connectivity index (χ3n) is 4.03. The van der Waals surface area contributed by atoms with E-state index in [0.717, 1.165) is 31.7 Å². The highest BCUT2D eigenvalue weighted by atomic mass is 19.1. The predicted molar refractivity (Wildman–Crippen MR) is 94.3 cm³/mol. The van der Waals surface area contributed by atoms with E-state index in [-0.39, 0.29) is 24.5 Å². The molecule has 1 aromatic carbocycles. The van der Waals surface area contributed by atoms with Gasteiger partial charge in [0.25, 0.3) is 0 Å². The Balaban J connectivity index is 1.58. The normalized spacial score (nSPS) is 15.2. The van der Waals surface area contributed by atoms with E-state index in [0.29, 0.717) is 18.1 Å².